The van der Waals surface area contributed by atoms with E-state index in [1.165, 1.54) is 63.4 Å². The summed E-state index contributed by atoms with van der Waals surface area (Å²) in [5.41, 5.74) is 13.1. The van der Waals surface area contributed by atoms with E-state index in [-0.39, 0.29) is 11.9 Å². The van der Waals surface area contributed by atoms with Gasteiger partial charge >= 0.3 is 5.97 Å². The van der Waals surface area contributed by atoms with Crippen molar-refractivity contribution in [1.82, 2.24) is 0 Å². The molecule has 0 aromatic heterocycles. The molecule has 0 unspecified atom stereocenters. The summed E-state index contributed by atoms with van der Waals surface area (Å²) in [6.45, 7) is 6.48. The van der Waals surface area contributed by atoms with Gasteiger partial charge in [0.25, 0.3) is 0 Å². The van der Waals surface area contributed by atoms with Crippen LogP contribution in [0.4, 0.5) is 0 Å². The van der Waals surface area contributed by atoms with E-state index in [2.05, 4.69) is 30.6 Å². The minimum atomic E-state index is -0.123. The van der Waals surface area contributed by atoms with Crippen molar-refractivity contribution in [3.05, 3.63) is 11.6 Å². The lowest BCUT2D eigenvalue weighted by molar-refractivity contribution is -0.135. The van der Waals surface area contributed by atoms with Crippen molar-refractivity contribution in [3.8, 4) is 0 Å². The number of carbonyl (C=O) groups excluding carboxylic acids is 1. The molecule has 4 saturated carbocycles. The highest BCUT2D eigenvalue weighted by atomic mass is 32.2. The standard InChI is InChI=1S/C26H41N3O2S/c1-25-9-7-18(32-12-11-29-24(27)28)14-17(25)3-4-19-21-6-5-20(16-13-23(30)31-15-16)26(21,2)10-8-22(19)25/h13,17-22H,3-12,14-15H2,1-2H3,(H4,27,28,29)/t17-,18-,19-,20+,21-,22-,25-,26+/m0/s1. The average Bonchev–Trinajstić information content (AvgIpc) is 3.33. The summed E-state index contributed by atoms with van der Waals surface area (Å²) in [6.07, 6.45) is 14.1. The predicted molar refractivity (Wildman–Crippen MR) is 131 cm³/mol. The largest absolute Gasteiger partial charge is 0.458 e. The Labute approximate surface area is 197 Å². The number of nitrogens with zero attached hydrogens (tertiary/aromatic N) is 1. The molecule has 178 valence electrons. The lowest BCUT2D eigenvalue weighted by atomic mass is 9.44. The molecule has 1 aliphatic heterocycles. The van der Waals surface area contributed by atoms with Crippen LogP contribution in [-0.2, 0) is 9.53 Å². The molecule has 0 aromatic carbocycles. The zero-order chi connectivity index (χ0) is 22.5. The van der Waals surface area contributed by atoms with Gasteiger partial charge in [0.2, 0.25) is 0 Å². The molecule has 5 rings (SSSR count). The van der Waals surface area contributed by atoms with E-state index in [4.69, 9.17) is 16.2 Å². The second-order valence-corrected chi connectivity index (χ2v) is 13.1. The second-order valence-electron chi connectivity index (χ2n) is 11.7. The normalized spacial score (nSPS) is 45.3. The van der Waals surface area contributed by atoms with E-state index >= 15 is 0 Å². The van der Waals surface area contributed by atoms with Crippen LogP contribution in [0, 0.1) is 40.4 Å². The maximum absolute atomic E-state index is 11.7. The molecule has 32 heavy (non-hydrogen) atoms. The Morgan fingerprint density at radius 2 is 1.88 bits per heavy atom. The number of rotatable bonds is 5. The van der Waals surface area contributed by atoms with Crippen LogP contribution in [0.15, 0.2) is 16.6 Å². The summed E-state index contributed by atoms with van der Waals surface area (Å²) < 4.78 is 5.30. The maximum Gasteiger partial charge on any atom is 0.331 e. The van der Waals surface area contributed by atoms with Crippen LogP contribution in [0.25, 0.3) is 0 Å². The third kappa shape index (κ3) is 3.78. The first-order valence-electron chi connectivity index (χ1n) is 12.9. The third-order valence-corrected chi connectivity index (χ3v) is 11.8. The third-order valence-electron chi connectivity index (χ3n) is 10.5. The van der Waals surface area contributed by atoms with Crippen molar-refractivity contribution in [2.24, 2.45) is 56.9 Å². The lowest BCUT2D eigenvalue weighted by Crippen LogP contribution is -2.53. The first kappa shape index (κ1) is 22.6. The molecule has 0 spiro atoms. The van der Waals surface area contributed by atoms with Crippen LogP contribution in [0.5, 0.6) is 0 Å². The van der Waals surface area contributed by atoms with Gasteiger partial charge in [0, 0.05) is 17.1 Å². The van der Waals surface area contributed by atoms with Crippen molar-refractivity contribution in [2.75, 3.05) is 18.9 Å². The summed E-state index contributed by atoms with van der Waals surface area (Å²) >= 11 is 2.09. The van der Waals surface area contributed by atoms with Crippen LogP contribution in [0.2, 0.25) is 0 Å². The number of thioether (sulfide) groups is 1. The van der Waals surface area contributed by atoms with Gasteiger partial charge in [-0.1, -0.05) is 13.8 Å². The second kappa shape index (κ2) is 8.56. The zero-order valence-corrected chi connectivity index (χ0v) is 20.7. The molecular formula is C26H41N3O2S. The fraction of sp³-hybridized carbons (Fsp3) is 0.846. The Morgan fingerprint density at radius 3 is 2.62 bits per heavy atom. The minimum absolute atomic E-state index is 0.123. The van der Waals surface area contributed by atoms with Gasteiger partial charge in [-0.2, -0.15) is 11.8 Å². The highest BCUT2D eigenvalue weighted by molar-refractivity contribution is 7.99. The number of carbonyl (C=O) groups is 1. The van der Waals surface area contributed by atoms with Crippen molar-refractivity contribution >= 4 is 23.7 Å². The molecule has 5 nitrogen and oxygen atoms in total. The molecule has 0 aromatic rings. The molecule has 0 amide bonds. The monoisotopic (exact) mass is 459 g/mol. The zero-order valence-electron chi connectivity index (χ0n) is 19.9. The molecule has 0 radical (unpaired) electrons. The van der Waals surface area contributed by atoms with Crippen LogP contribution in [-0.4, -0.2) is 36.1 Å². The topological polar surface area (TPSA) is 90.7 Å². The fourth-order valence-electron chi connectivity index (χ4n) is 8.96. The Kier molecular flexibility index (Phi) is 6.05. The first-order valence-corrected chi connectivity index (χ1v) is 13.9. The molecule has 4 N–H and O–H groups in total. The van der Waals surface area contributed by atoms with Crippen LogP contribution in [0.1, 0.15) is 71.6 Å². The summed E-state index contributed by atoms with van der Waals surface area (Å²) in [4.78, 5) is 15.9. The molecule has 6 heteroatoms. The van der Waals surface area contributed by atoms with E-state index in [0.29, 0.717) is 23.4 Å². The molecule has 4 aliphatic carbocycles. The predicted octanol–water partition coefficient (Wildman–Crippen LogP) is 4.50. The van der Waals surface area contributed by atoms with Crippen molar-refractivity contribution in [3.63, 3.8) is 0 Å². The fourth-order valence-corrected chi connectivity index (χ4v) is 10.1. The molecule has 0 bridgehead atoms. The van der Waals surface area contributed by atoms with Crippen molar-refractivity contribution < 1.29 is 9.53 Å². The number of aliphatic imine (C=N–C) groups is 1. The summed E-state index contributed by atoms with van der Waals surface area (Å²) in [6, 6.07) is 0. The van der Waals surface area contributed by atoms with Gasteiger partial charge in [-0.3, -0.25) is 4.99 Å². The Bertz CT molecular complexity index is 809. The summed E-state index contributed by atoms with van der Waals surface area (Å²) in [7, 11) is 0. The molecule has 4 fully saturated rings. The number of cyclic esters (lactones) is 1. The van der Waals surface area contributed by atoms with Gasteiger partial charge in [-0.05, 0) is 104 Å². The Hall–Kier alpha value is -1.17. The lowest BCUT2D eigenvalue weighted by Gasteiger charge is -2.61. The maximum atomic E-state index is 11.7. The minimum Gasteiger partial charge on any atom is -0.458 e. The van der Waals surface area contributed by atoms with Crippen molar-refractivity contribution in [2.45, 2.75) is 76.9 Å². The van der Waals surface area contributed by atoms with Gasteiger partial charge < -0.3 is 16.2 Å². The number of nitrogens with two attached hydrogens (primary N) is 2. The summed E-state index contributed by atoms with van der Waals surface area (Å²) in [5.74, 6) is 5.15. The molecular weight excluding hydrogens is 418 g/mol. The molecule has 8 atom stereocenters. The van der Waals surface area contributed by atoms with Crippen LogP contribution in [0.3, 0.4) is 0 Å². The highest BCUT2D eigenvalue weighted by Crippen LogP contribution is 2.68. The van der Waals surface area contributed by atoms with Gasteiger partial charge in [0.05, 0.1) is 6.54 Å². The van der Waals surface area contributed by atoms with Crippen LogP contribution >= 0.6 is 11.8 Å². The number of hydrogen-bond donors (Lipinski definition) is 2. The SMILES string of the molecule is C[C@]12CC[C@H](SCCN=C(N)N)C[C@@H]1CC[C@@H]1[C@@H]2CC[C@]2(C)[C@@H](C3=CC(=O)OC3)CC[C@@H]12. The highest BCUT2D eigenvalue weighted by Gasteiger charge is 2.60. The Balaban J connectivity index is 1.25. The number of fused-ring (bicyclic) bond motifs is 5. The van der Waals surface area contributed by atoms with Gasteiger partial charge in [-0.25, -0.2) is 4.79 Å². The average molecular weight is 460 g/mol. The number of hydrogen-bond acceptors (Lipinski definition) is 4. The van der Waals surface area contributed by atoms with E-state index in [9.17, 15) is 4.79 Å². The van der Waals surface area contributed by atoms with E-state index in [0.717, 1.165) is 41.2 Å². The van der Waals surface area contributed by atoms with Gasteiger partial charge in [-0.15, -0.1) is 0 Å². The van der Waals surface area contributed by atoms with Gasteiger partial charge in [0.1, 0.15) is 6.61 Å². The quantitative estimate of drug-likeness (QED) is 0.273. The number of esters is 1. The number of guanidine groups is 1. The first-order chi connectivity index (χ1) is 15.3. The van der Waals surface area contributed by atoms with Crippen LogP contribution < -0.4 is 11.5 Å². The molecule has 0 saturated heterocycles. The van der Waals surface area contributed by atoms with E-state index in [1.54, 1.807) is 0 Å². The van der Waals surface area contributed by atoms with E-state index in [1.807, 2.05) is 6.08 Å². The number of ether oxygens (including phenoxy) is 1. The summed E-state index contributed by atoms with van der Waals surface area (Å²) in [5, 5.41) is 0.774. The smallest absolute Gasteiger partial charge is 0.331 e. The molecule has 5 aliphatic rings. The van der Waals surface area contributed by atoms with E-state index < -0.39 is 0 Å². The van der Waals surface area contributed by atoms with Gasteiger partial charge in [0.15, 0.2) is 5.96 Å². The van der Waals surface area contributed by atoms with Crippen molar-refractivity contribution in [1.29, 1.82) is 0 Å². The Morgan fingerprint density at radius 1 is 1.09 bits per heavy atom. The molecule has 1 heterocycles.